The number of halogens is 1. The van der Waals surface area contributed by atoms with Gasteiger partial charge in [0.15, 0.2) is 0 Å². The van der Waals surface area contributed by atoms with Crippen LogP contribution in [0.15, 0.2) is 0 Å². The highest BCUT2D eigenvalue weighted by Crippen LogP contribution is 2.52. The van der Waals surface area contributed by atoms with Crippen LogP contribution in [-0.4, -0.2) is 59.5 Å². The summed E-state index contributed by atoms with van der Waals surface area (Å²) in [5, 5.41) is 0. The van der Waals surface area contributed by atoms with E-state index >= 15 is 0 Å². The molecular formula is C18H31ClN2O3. The number of carbonyl (C=O) groups is 2. The van der Waals surface area contributed by atoms with Crippen molar-refractivity contribution < 1.29 is 14.3 Å². The Labute approximate surface area is 150 Å². The highest BCUT2D eigenvalue weighted by molar-refractivity contribution is 6.19. The van der Waals surface area contributed by atoms with E-state index in [1.54, 1.807) is 4.90 Å². The highest BCUT2D eigenvalue weighted by Gasteiger charge is 2.60. The van der Waals surface area contributed by atoms with Crippen molar-refractivity contribution in [2.75, 3.05) is 32.1 Å². The summed E-state index contributed by atoms with van der Waals surface area (Å²) in [5.74, 6) is 0.401. The van der Waals surface area contributed by atoms with Crippen LogP contribution >= 0.6 is 11.6 Å². The fourth-order valence-electron chi connectivity index (χ4n) is 3.74. The van der Waals surface area contributed by atoms with Crippen molar-refractivity contribution in [3.05, 3.63) is 0 Å². The SMILES string of the molecule is CC(C)(C)OC(=O)N1C[C@@]2(C)CN(C(=O)C(C)(C)CCl)C[C@]2(C)C1. The molecule has 2 rings (SSSR count). The van der Waals surface area contributed by atoms with Crippen LogP contribution in [0.1, 0.15) is 48.5 Å². The van der Waals surface area contributed by atoms with E-state index in [1.165, 1.54) is 0 Å². The molecule has 6 heteroatoms. The summed E-state index contributed by atoms with van der Waals surface area (Å²) >= 11 is 5.97. The molecule has 0 aliphatic carbocycles. The van der Waals surface area contributed by atoms with Crippen molar-refractivity contribution >= 4 is 23.6 Å². The third kappa shape index (κ3) is 3.37. The van der Waals surface area contributed by atoms with Gasteiger partial charge < -0.3 is 14.5 Å². The Bertz CT molecular complexity index is 523. The Balaban J connectivity index is 2.11. The largest absolute Gasteiger partial charge is 0.444 e. The van der Waals surface area contributed by atoms with E-state index in [9.17, 15) is 9.59 Å². The first-order valence-corrected chi connectivity index (χ1v) is 9.10. The van der Waals surface area contributed by atoms with Crippen LogP contribution in [0.2, 0.25) is 0 Å². The second-order valence-corrected chi connectivity index (χ2v) is 9.90. The summed E-state index contributed by atoms with van der Waals surface area (Å²) in [6.07, 6.45) is -0.265. The molecule has 0 N–H and O–H groups in total. The molecular weight excluding hydrogens is 328 g/mol. The Morgan fingerprint density at radius 2 is 1.38 bits per heavy atom. The topological polar surface area (TPSA) is 49.9 Å². The van der Waals surface area contributed by atoms with Gasteiger partial charge in [-0.1, -0.05) is 13.8 Å². The second kappa shape index (κ2) is 5.79. The molecule has 138 valence electrons. The summed E-state index contributed by atoms with van der Waals surface area (Å²) in [5.41, 5.74) is -1.30. The summed E-state index contributed by atoms with van der Waals surface area (Å²) in [7, 11) is 0. The van der Waals surface area contributed by atoms with Gasteiger partial charge in [-0.25, -0.2) is 4.79 Å². The normalized spacial score (nSPS) is 30.5. The van der Waals surface area contributed by atoms with E-state index in [1.807, 2.05) is 39.5 Å². The van der Waals surface area contributed by atoms with E-state index in [4.69, 9.17) is 16.3 Å². The molecule has 0 unspecified atom stereocenters. The molecule has 24 heavy (non-hydrogen) atoms. The minimum atomic E-state index is -0.558. The van der Waals surface area contributed by atoms with Gasteiger partial charge >= 0.3 is 6.09 Å². The monoisotopic (exact) mass is 358 g/mol. The smallest absolute Gasteiger partial charge is 0.410 e. The van der Waals surface area contributed by atoms with E-state index in [0.717, 1.165) is 0 Å². The van der Waals surface area contributed by atoms with Gasteiger partial charge in [0, 0.05) is 42.9 Å². The molecule has 2 atom stereocenters. The van der Waals surface area contributed by atoms with Crippen LogP contribution in [-0.2, 0) is 9.53 Å². The van der Waals surface area contributed by atoms with E-state index in [2.05, 4.69) is 13.8 Å². The number of rotatable bonds is 2. The van der Waals surface area contributed by atoms with E-state index in [-0.39, 0.29) is 22.8 Å². The first kappa shape index (κ1) is 19.4. The summed E-state index contributed by atoms with van der Waals surface area (Å²) in [4.78, 5) is 28.9. The lowest BCUT2D eigenvalue weighted by Crippen LogP contribution is -2.44. The van der Waals surface area contributed by atoms with Gasteiger partial charge in [-0.3, -0.25) is 4.79 Å². The van der Waals surface area contributed by atoms with Gasteiger partial charge in [-0.15, -0.1) is 11.6 Å². The molecule has 0 aromatic heterocycles. The molecule has 5 nitrogen and oxygen atoms in total. The van der Waals surface area contributed by atoms with Crippen molar-refractivity contribution in [3.63, 3.8) is 0 Å². The average molecular weight is 359 g/mol. The second-order valence-electron chi connectivity index (χ2n) is 9.64. The zero-order chi connectivity index (χ0) is 18.6. The molecule has 0 saturated carbocycles. The lowest BCUT2D eigenvalue weighted by Gasteiger charge is -2.31. The number of carbonyl (C=O) groups excluding carboxylic acids is 2. The summed E-state index contributed by atoms with van der Waals surface area (Å²) in [6.45, 7) is 16.3. The van der Waals surface area contributed by atoms with Crippen molar-refractivity contribution in [2.45, 2.75) is 54.1 Å². The maximum absolute atomic E-state index is 12.8. The third-order valence-electron chi connectivity index (χ3n) is 5.47. The van der Waals surface area contributed by atoms with Crippen LogP contribution < -0.4 is 0 Å². The van der Waals surface area contributed by atoms with Crippen LogP contribution in [0.3, 0.4) is 0 Å². The average Bonchev–Trinajstić information content (AvgIpc) is 2.81. The molecule has 0 radical (unpaired) electrons. The van der Waals surface area contributed by atoms with Gasteiger partial charge in [-0.2, -0.15) is 0 Å². The summed E-state index contributed by atoms with van der Waals surface area (Å²) in [6, 6.07) is 0. The number of likely N-dealkylation sites (tertiary alicyclic amines) is 2. The molecule has 0 aromatic carbocycles. The molecule has 0 spiro atoms. The van der Waals surface area contributed by atoms with Gasteiger partial charge in [0.05, 0.1) is 5.41 Å². The van der Waals surface area contributed by atoms with Crippen molar-refractivity contribution in [1.29, 1.82) is 0 Å². The van der Waals surface area contributed by atoms with E-state index < -0.39 is 11.0 Å². The molecule has 0 aromatic rings. The fourth-order valence-corrected chi connectivity index (χ4v) is 3.86. The lowest BCUT2D eigenvalue weighted by atomic mass is 9.71. The Morgan fingerprint density at radius 1 is 0.958 bits per heavy atom. The standard InChI is InChI=1S/C18H31ClN2O3/c1-15(2,3)24-14(23)21-11-17(6)9-20(10-18(17,7)12-21)13(22)16(4,5)8-19/h8-12H2,1-7H3/t17-,18-/m1/s1. The van der Waals surface area contributed by atoms with Crippen molar-refractivity contribution in [3.8, 4) is 0 Å². The number of fused-ring (bicyclic) bond motifs is 1. The molecule has 2 aliphatic rings. The maximum atomic E-state index is 12.8. The third-order valence-corrected chi connectivity index (χ3v) is 6.14. The zero-order valence-corrected chi connectivity index (χ0v) is 16.8. The van der Waals surface area contributed by atoms with Gasteiger partial charge in [-0.05, 0) is 34.6 Å². The molecule has 2 saturated heterocycles. The minimum Gasteiger partial charge on any atom is -0.444 e. The highest BCUT2D eigenvalue weighted by atomic mass is 35.5. The fraction of sp³-hybridized carbons (Fsp3) is 0.889. The van der Waals surface area contributed by atoms with Crippen LogP contribution in [0.4, 0.5) is 4.79 Å². The Kier molecular flexibility index (Phi) is 4.67. The minimum absolute atomic E-state index is 0.0955. The van der Waals surface area contributed by atoms with E-state index in [0.29, 0.717) is 32.1 Å². The van der Waals surface area contributed by atoms with Crippen LogP contribution in [0, 0.1) is 16.2 Å². The number of hydrogen-bond acceptors (Lipinski definition) is 3. The molecule has 2 aliphatic heterocycles. The summed E-state index contributed by atoms with van der Waals surface area (Å²) < 4.78 is 5.51. The number of nitrogens with zero attached hydrogens (tertiary/aromatic N) is 2. The quantitative estimate of drug-likeness (QED) is 0.711. The predicted octanol–water partition coefficient (Wildman–Crippen LogP) is 3.36. The number of hydrogen-bond donors (Lipinski definition) is 0. The first-order valence-electron chi connectivity index (χ1n) is 8.56. The Hall–Kier alpha value is -0.970. The first-order chi connectivity index (χ1) is 10.7. The zero-order valence-electron chi connectivity index (χ0n) is 16.0. The molecule has 0 bridgehead atoms. The van der Waals surface area contributed by atoms with Crippen LogP contribution in [0.25, 0.3) is 0 Å². The molecule has 2 amide bonds. The lowest BCUT2D eigenvalue weighted by molar-refractivity contribution is -0.138. The molecule has 2 fully saturated rings. The number of alkyl halides is 1. The number of ether oxygens (including phenoxy) is 1. The van der Waals surface area contributed by atoms with Crippen LogP contribution in [0.5, 0.6) is 0 Å². The van der Waals surface area contributed by atoms with Gasteiger partial charge in [0.25, 0.3) is 0 Å². The van der Waals surface area contributed by atoms with Crippen molar-refractivity contribution in [2.24, 2.45) is 16.2 Å². The van der Waals surface area contributed by atoms with Gasteiger partial charge in [0.2, 0.25) is 5.91 Å². The Morgan fingerprint density at radius 3 is 1.75 bits per heavy atom. The predicted molar refractivity (Wildman–Crippen MR) is 95.1 cm³/mol. The number of amides is 2. The maximum Gasteiger partial charge on any atom is 0.410 e. The molecule has 2 heterocycles. The van der Waals surface area contributed by atoms with Crippen molar-refractivity contribution in [1.82, 2.24) is 9.80 Å². The van der Waals surface area contributed by atoms with Gasteiger partial charge in [0.1, 0.15) is 5.60 Å².